The van der Waals surface area contributed by atoms with Crippen LogP contribution in [0.5, 0.6) is 11.5 Å². The van der Waals surface area contributed by atoms with Gasteiger partial charge < -0.3 is 19.7 Å². The van der Waals surface area contributed by atoms with Crippen molar-refractivity contribution in [3.05, 3.63) is 51.9 Å². The summed E-state index contributed by atoms with van der Waals surface area (Å²) in [5.74, 6) is 0.342. The van der Waals surface area contributed by atoms with E-state index >= 15 is 0 Å². The minimum Gasteiger partial charge on any atom is -0.504 e. The van der Waals surface area contributed by atoms with Crippen molar-refractivity contribution in [3.63, 3.8) is 0 Å². The molecule has 1 aromatic carbocycles. The molecule has 1 unspecified atom stereocenters. The molecular weight excluding hydrogens is 424 g/mol. The van der Waals surface area contributed by atoms with Crippen molar-refractivity contribution >= 4 is 16.6 Å². The first-order valence-corrected chi connectivity index (χ1v) is 12.8. The van der Waals surface area contributed by atoms with Gasteiger partial charge in [0.25, 0.3) is 5.56 Å². The van der Waals surface area contributed by atoms with Crippen LogP contribution in [-0.2, 0) is 6.54 Å². The maximum atomic E-state index is 13.3. The molecule has 188 valence electrons. The fourth-order valence-electron chi connectivity index (χ4n) is 4.02. The predicted octanol–water partition coefficient (Wildman–Crippen LogP) is 7.43. The molecule has 0 saturated heterocycles. The lowest BCUT2D eigenvalue weighted by Crippen LogP contribution is -2.24. The van der Waals surface area contributed by atoms with Crippen LogP contribution < -0.4 is 15.6 Å². The smallest absolute Gasteiger partial charge is 0.297 e. The Kier molecular flexibility index (Phi) is 11.2. The van der Waals surface area contributed by atoms with Gasteiger partial charge in [-0.15, -0.1) is 0 Å². The summed E-state index contributed by atoms with van der Waals surface area (Å²) >= 11 is 0. The third-order valence-corrected chi connectivity index (χ3v) is 6.08. The van der Waals surface area contributed by atoms with Crippen molar-refractivity contribution in [2.45, 2.75) is 86.6 Å². The normalized spacial score (nSPS) is 12.6. The number of unbranched alkanes of at least 4 members (excludes halogenated alkanes) is 1. The summed E-state index contributed by atoms with van der Waals surface area (Å²) in [6.07, 6.45) is 10.5. The van der Waals surface area contributed by atoms with Crippen molar-refractivity contribution in [2.75, 3.05) is 18.5 Å². The lowest BCUT2D eigenvalue weighted by atomic mass is 10.1. The van der Waals surface area contributed by atoms with Crippen LogP contribution in [-0.4, -0.2) is 22.8 Å². The van der Waals surface area contributed by atoms with Crippen LogP contribution in [0, 0.1) is 5.92 Å². The second-order valence-electron chi connectivity index (χ2n) is 9.68. The Morgan fingerprint density at radius 3 is 2.62 bits per heavy atom. The molecule has 34 heavy (non-hydrogen) atoms. The van der Waals surface area contributed by atoms with Crippen molar-refractivity contribution in [3.8, 4) is 11.5 Å². The molecule has 2 N–H and O–H groups in total. The zero-order valence-electron chi connectivity index (χ0n) is 22.0. The van der Waals surface area contributed by atoms with Crippen molar-refractivity contribution in [1.82, 2.24) is 4.57 Å². The number of rotatable bonds is 14. The van der Waals surface area contributed by atoms with Crippen LogP contribution in [0.4, 0.5) is 5.69 Å². The monoisotopic (exact) mass is 468 g/mol. The summed E-state index contributed by atoms with van der Waals surface area (Å²) < 4.78 is 7.62. The molecule has 0 bridgehead atoms. The number of nitrogens with zero attached hydrogens (tertiary/aromatic N) is 1. The zero-order valence-corrected chi connectivity index (χ0v) is 22.0. The topological polar surface area (TPSA) is 63.5 Å². The lowest BCUT2D eigenvalue weighted by molar-refractivity contribution is 0.238. The number of anilines is 1. The van der Waals surface area contributed by atoms with E-state index in [2.05, 4.69) is 59.0 Å². The number of pyridine rings is 1. The second-order valence-corrected chi connectivity index (χ2v) is 9.68. The molecule has 0 amide bonds. The summed E-state index contributed by atoms with van der Waals surface area (Å²) in [4.78, 5) is 13.3. The van der Waals surface area contributed by atoms with E-state index in [1.165, 1.54) is 11.1 Å². The minimum atomic E-state index is -0.255. The van der Waals surface area contributed by atoms with Gasteiger partial charge in [-0.2, -0.15) is 0 Å². The molecule has 1 aromatic heterocycles. The van der Waals surface area contributed by atoms with E-state index in [4.69, 9.17) is 4.74 Å². The van der Waals surface area contributed by atoms with Gasteiger partial charge in [-0.1, -0.05) is 56.9 Å². The Hall–Kier alpha value is -2.69. The van der Waals surface area contributed by atoms with E-state index in [9.17, 15) is 9.90 Å². The zero-order chi connectivity index (χ0) is 25.1. The molecular formula is C29H44N2O3. The molecule has 0 aliphatic heterocycles. The number of ether oxygens (including phenoxy) is 1. The number of fused-ring (bicyclic) bond motifs is 1. The highest BCUT2D eigenvalue weighted by atomic mass is 16.5. The third-order valence-electron chi connectivity index (χ3n) is 6.08. The number of nitrogens with one attached hydrogen (secondary N) is 1. The number of aromatic nitrogens is 1. The molecule has 5 heteroatoms. The summed E-state index contributed by atoms with van der Waals surface area (Å²) in [6.45, 7) is 14.5. The molecule has 0 radical (unpaired) electrons. The van der Waals surface area contributed by atoms with Gasteiger partial charge in [0.05, 0.1) is 12.1 Å². The first-order chi connectivity index (χ1) is 16.3. The van der Waals surface area contributed by atoms with Gasteiger partial charge in [-0.25, -0.2) is 0 Å². The molecule has 0 fully saturated rings. The average Bonchev–Trinajstić information content (AvgIpc) is 2.79. The van der Waals surface area contributed by atoms with Crippen LogP contribution in [0.2, 0.25) is 0 Å². The Morgan fingerprint density at radius 2 is 1.94 bits per heavy atom. The Balaban J connectivity index is 2.29. The van der Waals surface area contributed by atoms with Crippen LogP contribution in [0.1, 0.15) is 80.1 Å². The van der Waals surface area contributed by atoms with Crippen molar-refractivity contribution in [1.29, 1.82) is 0 Å². The van der Waals surface area contributed by atoms with Gasteiger partial charge in [-0.05, 0) is 70.6 Å². The standard InChI is InChI=1S/C29H44N2O3/c1-7-9-18-31-26-19-24(30-17-16-22(5)13-10-12-21(3)4)14-15-25(26)27(32)28(29(31)33)34-20-23(6)11-8-2/h12,14-16,19,23,30,32H,7-11,13,17-18,20H2,1-6H3. The van der Waals surface area contributed by atoms with Crippen LogP contribution >= 0.6 is 0 Å². The Labute approximate surface area is 205 Å². The van der Waals surface area contributed by atoms with E-state index in [1.54, 1.807) is 4.57 Å². The summed E-state index contributed by atoms with van der Waals surface area (Å²) in [6, 6.07) is 5.79. The maximum absolute atomic E-state index is 13.3. The Morgan fingerprint density at radius 1 is 1.18 bits per heavy atom. The highest BCUT2D eigenvalue weighted by molar-refractivity contribution is 5.90. The van der Waals surface area contributed by atoms with Gasteiger partial charge in [0.2, 0.25) is 5.75 Å². The average molecular weight is 469 g/mol. The SMILES string of the molecule is CCCCn1c(=O)c(OCC(C)CCC)c(O)c2ccc(NCC=C(C)CCC=C(C)C)cc21. The third kappa shape index (κ3) is 7.96. The molecule has 0 aliphatic carbocycles. The molecule has 2 rings (SSSR count). The van der Waals surface area contributed by atoms with E-state index < -0.39 is 0 Å². The Bertz CT molecular complexity index is 1050. The molecule has 5 nitrogen and oxygen atoms in total. The highest BCUT2D eigenvalue weighted by Gasteiger charge is 2.19. The van der Waals surface area contributed by atoms with Crippen molar-refractivity contribution in [2.24, 2.45) is 5.92 Å². The van der Waals surface area contributed by atoms with Gasteiger partial charge >= 0.3 is 0 Å². The van der Waals surface area contributed by atoms with Gasteiger partial charge in [0, 0.05) is 24.2 Å². The largest absolute Gasteiger partial charge is 0.504 e. The number of allylic oxidation sites excluding steroid dienone is 3. The molecule has 0 saturated carbocycles. The first-order valence-electron chi connectivity index (χ1n) is 12.8. The van der Waals surface area contributed by atoms with E-state index in [-0.39, 0.29) is 17.1 Å². The van der Waals surface area contributed by atoms with E-state index in [0.717, 1.165) is 49.7 Å². The quantitative estimate of drug-likeness (QED) is 0.283. The summed E-state index contributed by atoms with van der Waals surface area (Å²) in [7, 11) is 0. The van der Waals surface area contributed by atoms with E-state index in [0.29, 0.717) is 31.0 Å². The van der Waals surface area contributed by atoms with Crippen LogP contribution in [0.15, 0.2) is 46.3 Å². The summed E-state index contributed by atoms with van der Waals surface area (Å²) in [5.41, 5.74) is 4.11. The maximum Gasteiger partial charge on any atom is 0.297 e. The summed E-state index contributed by atoms with van der Waals surface area (Å²) in [5, 5.41) is 15.0. The highest BCUT2D eigenvalue weighted by Crippen LogP contribution is 2.33. The molecule has 2 aromatic rings. The lowest BCUT2D eigenvalue weighted by Gasteiger charge is -2.18. The molecule has 0 spiro atoms. The molecule has 0 aliphatic rings. The van der Waals surface area contributed by atoms with Crippen LogP contribution in [0.25, 0.3) is 10.9 Å². The molecule has 1 heterocycles. The number of aryl methyl sites for hydroxylation is 1. The van der Waals surface area contributed by atoms with Crippen molar-refractivity contribution < 1.29 is 9.84 Å². The second kappa shape index (κ2) is 13.9. The number of hydrogen-bond acceptors (Lipinski definition) is 4. The number of hydrogen-bond donors (Lipinski definition) is 2. The molecule has 1 atom stereocenters. The van der Waals surface area contributed by atoms with E-state index in [1.807, 2.05) is 18.2 Å². The van der Waals surface area contributed by atoms with Gasteiger partial charge in [-0.3, -0.25) is 4.79 Å². The van der Waals surface area contributed by atoms with Crippen LogP contribution in [0.3, 0.4) is 0 Å². The van der Waals surface area contributed by atoms with Gasteiger partial charge in [0.15, 0.2) is 5.75 Å². The first kappa shape index (κ1) is 27.6. The fraction of sp³-hybridized carbons (Fsp3) is 0.552. The predicted molar refractivity (Wildman–Crippen MR) is 145 cm³/mol. The number of benzene rings is 1. The number of aromatic hydroxyl groups is 1. The van der Waals surface area contributed by atoms with Gasteiger partial charge in [0.1, 0.15) is 0 Å². The minimum absolute atomic E-state index is 0.0574. The fourth-order valence-corrected chi connectivity index (χ4v) is 4.02.